The second-order valence-electron chi connectivity index (χ2n) is 6.40. The molecule has 0 aromatic heterocycles. The predicted octanol–water partition coefficient (Wildman–Crippen LogP) is 3.47. The molecule has 0 aliphatic carbocycles. The van der Waals surface area contributed by atoms with Gasteiger partial charge in [-0.1, -0.05) is 18.2 Å². The van der Waals surface area contributed by atoms with Crippen LogP contribution in [0, 0.1) is 0 Å². The van der Waals surface area contributed by atoms with Gasteiger partial charge in [-0.25, -0.2) is 0 Å². The van der Waals surface area contributed by atoms with Crippen molar-refractivity contribution in [1.29, 1.82) is 0 Å². The zero-order chi connectivity index (χ0) is 20.9. The van der Waals surface area contributed by atoms with Crippen LogP contribution >= 0.6 is 24.0 Å². The standard InChI is InChI=1S/C22H31N3O4.HI/c1-17(29-21-7-5-6-20(14-21)27-4)15-24-22(23-2)25-16-18-8-10-19(11-9-18)28-13-12-26-3;/h5-11,14,17H,12-13,15-16H2,1-4H3,(H2,23,24,25);1H. The summed E-state index contributed by atoms with van der Waals surface area (Å²) in [4.78, 5) is 4.26. The van der Waals surface area contributed by atoms with E-state index in [9.17, 15) is 0 Å². The molecule has 1 atom stereocenters. The molecule has 30 heavy (non-hydrogen) atoms. The van der Waals surface area contributed by atoms with Crippen LogP contribution in [0.3, 0.4) is 0 Å². The van der Waals surface area contributed by atoms with E-state index in [4.69, 9.17) is 18.9 Å². The Bertz CT molecular complexity index is 756. The molecular formula is C22H32IN3O4. The molecule has 166 valence electrons. The Labute approximate surface area is 196 Å². The Kier molecular flexibility index (Phi) is 12.7. The molecule has 0 aliphatic heterocycles. The summed E-state index contributed by atoms with van der Waals surface area (Å²) in [5, 5.41) is 6.58. The molecule has 0 saturated carbocycles. The third-order valence-electron chi connectivity index (χ3n) is 4.10. The van der Waals surface area contributed by atoms with Gasteiger partial charge in [-0.2, -0.15) is 0 Å². The van der Waals surface area contributed by atoms with Crippen molar-refractivity contribution in [3.05, 3.63) is 54.1 Å². The molecule has 0 heterocycles. The average molecular weight is 529 g/mol. The van der Waals surface area contributed by atoms with Crippen molar-refractivity contribution in [3.63, 3.8) is 0 Å². The largest absolute Gasteiger partial charge is 0.497 e. The van der Waals surface area contributed by atoms with E-state index in [-0.39, 0.29) is 30.1 Å². The summed E-state index contributed by atoms with van der Waals surface area (Å²) >= 11 is 0. The van der Waals surface area contributed by atoms with Gasteiger partial charge in [0.1, 0.15) is 30.0 Å². The molecular weight excluding hydrogens is 497 g/mol. The van der Waals surface area contributed by atoms with Crippen LogP contribution in [0.2, 0.25) is 0 Å². The number of guanidine groups is 1. The maximum Gasteiger partial charge on any atom is 0.191 e. The van der Waals surface area contributed by atoms with Crippen LogP contribution in [0.15, 0.2) is 53.5 Å². The fraction of sp³-hybridized carbons (Fsp3) is 0.409. The first-order chi connectivity index (χ1) is 14.1. The van der Waals surface area contributed by atoms with E-state index in [1.165, 1.54) is 0 Å². The summed E-state index contributed by atoms with van der Waals surface area (Å²) in [7, 11) is 5.04. The van der Waals surface area contributed by atoms with Gasteiger partial charge in [-0.3, -0.25) is 4.99 Å². The van der Waals surface area contributed by atoms with Crippen molar-refractivity contribution in [1.82, 2.24) is 10.6 Å². The van der Waals surface area contributed by atoms with Crippen LogP contribution in [0.5, 0.6) is 17.2 Å². The highest BCUT2D eigenvalue weighted by molar-refractivity contribution is 14.0. The van der Waals surface area contributed by atoms with Crippen molar-refractivity contribution >= 4 is 29.9 Å². The first-order valence-electron chi connectivity index (χ1n) is 9.60. The summed E-state index contributed by atoms with van der Waals surface area (Å²) in [6.45, 7) is 4.39. The third-order valence-corrected chi connectivity index (χ3v) is 4.10. The molecule has 0 fully saturated rings. The third kappa shape index (κ3) is 9.53. The minimum atomic E-state index is -0.0378. The van der Waals surface area contributed by atoms with Crippen LogP contribution in [-0.4, -0.2) is 53.1 Å². The number of benzene rings is 2. The van der Waals surface area contributed by atoms with E-state index < -0.39 is 0 Å². The van der Waals surface area contributed by atoms with E-state index in [2.05, 4.69) is 15.6 Å². The van der Waals surface area contributed by atoms with Crippen LogP contribution in [0.1, 0.15) is 12.5 Å². The first-order valence-corrected chi connectivity index (χ1v) is 9.60. The monoisotopic (exact) mass is 529 g/mol. The number of hydrogen-bond donors (Lipinski definition) is 2. The fourth-order valence-corrected chi connectivity index (χ4v) is 2.54. The van der Waals surface area contributed by atoms with E-state index in [0.29, 0.717) is 32.3 Å². The molecule has 0 bridgehead atoms. The summed E-state index contributed by atoms with van der Waals surface area (Å²) in [5.41, 5.74) is 1.13. The van der Waals surface area contributed by atoms with Crippen LogP contribution in [0.25, 0.3) is 0 Å². The number of methoxy groups -OCH3 is 2. The molecule has 0 amide bonds. The topological polar surface area (TPSA) is 73.3 Å². The Morgan fingerprint density at radius 1 is 0.967 bits per heavy atom. The zero-order valence-corrected chi connectivity index (χ0v) is 20.3. The Balaban J connectivity index is 0.00000450. The lowest BCUT2D eigenvalue weighted by Crippen LogP contribution is -2.41. The van der Waals surface area contributed by atoms with Gasteiger partial charge >= 0.3 is 0 Å². The zero-order valence-electron chi connectivity index (χ0n) is 18.0. The molecule has 0 saturated heterocycles. The maximum atomic E-state index is 5.92. The number of rotatable bonds is 11. The SMILES string of the molecule is CN=C(NCc1ccc(OCCOC)cc1)NCC(C)Oc1cccc(OC)c1.I. The summed E-state index contributed by atoms with van der Waals surface area (Å²) < 4.78 is 21.7. The second kappa shape index (κ2) is 14.7. The molecule has 0 radical (unpaired) electrons. The fourth-order valence-electron chi connectivity index (χ4n) is 2.54. The van der Waals surface area contributed by atoms with Crippen molar-refractivity contribution in [2.45, 2.75) is 19.6 Å². The Morgan fingerprint density at radius 3 is 2.37 bits per heavy atom. The summed E-state index contributed by atoms with van der Waals surface area (Å²) in [6.07, 6.45) is -0.0378. The maximum absolute atomic E-state index is 5.92. The first kappa shape index (κ1) is 25.8. The lowest BCUT2D eigenvalue weighted by Gasteiger charge is -2.18. The van der Waals surface area contributed by atoms with E-state index in [1.54, 1.807) is 21.3 Å². The lowest BCUT2D eigenvalue weighted by molar-refractivity contribution is 0.146. The quantitative estimate of drug-likeness (QED) is 0.201. The molecule has 2 aromatic carbocycles. The van der Waals surface area contributed by atoms with Gasteiger partial charge in [0.05, 0.1) is 20.3 Å². The summed E-state index contributed by atoms with van der Waals surface area (Å²) in [5.74, 6) is 3.09. The molecule has 8 heteroatoms. The number of hydrogen-bond acceptors (Lipinski definition) is 5. The Morgan fingerprint density at radius 2 is 1.70 bits per heavy atom. The predicted molar refractivity (Wildman–Crippen MR) is 131 cm³/mol. The molecule has 1 unspecified atom stereocenters. The van der Waals surface area contributed by atoms with Crippen molar-refractivity contribution in [2.75, 3.05) is 41.0 Å². The highest BCUT2D eigenvalue weighted by atomic mass is 127. The van der Waals surface area contributed by atoms with Gasteiger partial charge in [-0.15, -0.1) is 24.0 Å². The van der Waals surface area contributed by atoms with E-state index in [1.807, 2.05) is 55.5 Å². The van der Waals surface area contributed by atoms with Crippen molar-refractivity contribution < 1.29 is 18.9 Å². The van der Waals surface area contributed by atoms with Crippen LogP contribution in [0.4, 0.5) is 0 Å². The molecule has 2 aromatic rings. The number of aliphatic imine (C=N–C) groups is 1. The van der Waals surface area contributed by atoms with E-state index >= 15 is 0 Å². The molecule has 2 N–H and O–H groups in total. The van der Waals surface area contributed by atoms with Crippen LogP contribution < -0.4 is 24.8 Å². The second-order valence-corrected chi connectivity index (χ2v) is 6.40. The molecule has 2 rings (SSSR count). The minimum absolute atomic E-state index is 0. The van der Waals surface area contributed by atoms with Gasteiger partial charge in [0.2, 0.25) is 0 Å². The Hall–Kier alpha value is -2.20. The molecule has 7 nitrogen and oxygen atoms in total. The number of nitrogens with one attached hydrogen (secondary N) is 2. The minimum Gasteiger partial charge on any atom is -0.497 e. The number of nitrogens with zero attached hydrogens (tertiary/aromatic N) is 1. The van der Waals surface area contributed by atoms with Crippen molar-refractivity contribution in [2.24, 2.45) is 4.99 Å². The average Bonchev–Trinajstić information content (AvgIpc) is 2.75. The number of ether oxygens (including phenoxy) is 4. The van der Waals surface area contributed by atoms with Gasteiger partial charge in [0, 0.05) is 26.8 Å². The molecule has 0 spiro atoms. The van der Waals surface area contributed by atoms with Crippen molar-refractivity contribution in [3.8, 4) is 17.2 Å². The van der Waals surface area contributed by atoms with Crippen LogP contribution in [-0.2, 0) is 11.3 Å². The lowest BCUT2D eigenvalue weighted by atomic mass is 10.2. The van der Waals surface area contributed by atoms with E-state index in [0.717, 1.165) is 22.8 Å². The van der Waals surface area contributed by atoms with Gasteiger partial charge in [0.25, 0.3) is 0 Å². The van der Waals surface area contributed by atoms with Gasteiger partial charge in [0.15, 0.2) is 5.96 Å². The highest BCUT2D eigenvalue weighted by Crippen LogP contribution is 2.19. The van der Waals surface area contributed by atoms with Gasteiger partial charge < -0.3 is 29.6 Å². The smallest absolute Gasteiger partial charge is 0.191 e. The highest BCUT2D eigenvalue weighted by Gasteiger charge is 2.07. The summed E-state index contributed by atoms with van der Waals surface area (Å²) in [6, 6.07) is 15.5. The van der Waals surface area contributed by atoms with Gasteiger partial charge in [-0.05, 0) is 36.8 Å². The number of halogens is 1. The molecule has 0 aliphatic rings. The normalized spacial score (nSPS) is 11.8.